The lowest BCUT2D eigenvalue weighted by molar-refractivity contribution is 0.0937. The second-order valence-electron chi connectivity index (χ2n) is 8.02. The number of amides is 1. The quantitative estimate of drug-likeness (QED) is 0.599. The predicted octanol–water partition coefficient (Wildman–Crippen LogP) is 3.52. The molecule has 0 aromatic heterocycles. The lowest BCUT2D eigenvalue weighted by Crippen LogP contribution is -2.37. The normalized spacial score (nSPS) is 16.6. The van der Waals surface area contributed by atoms with Gasteiger partial charge in [-0.15, -0.1) is 0 Å². The molecule has 1 amide bonds. The van der Waals surface area contributed by atoms with Crippen molar-refractivity contribution in [2.24, 2.45) is 0 Å². The molecule has 1 atom stereocenters. The van der Waals surface area contributed by atoms with E-state index in [0.717, 1.165) is 26.1 Å². The summed E-state index contributed by atoms with van der Waals surface area (Å²) in [5.41, 5.74) is 2.15. The van der Waals surface area contributed by atoms with Gasteiger partial charge in [-0.2, -0.15) is 0 Å². The van der Waals surface area contributed by atoms with E-state index < -0.39 is 10.0 Å². The van der Waals surface area contributed by atoms with Gasteiger partial charge in [-0.3, -0.25) is 14.0 Å². The minimum atomic E-state index is -3.77. The van der Waals surface area contributed by atoms with E-state index in [1.807, 2.05) is 24.3 Å². The first-order valence-corrected chi connectivity index (χ1v) is 12.1. The van der Waals surface area contributed by atoms with Crippen molar-refractivity contribution in [3.8, 4) is 0 Å². The van der Waals surface area contributed by atoms with Crippen LogP contribution in [0.4, 0.5) is 5.69 Å². The zero-order valence-electron chi connectivity index (χ0n) is 18.0. The van der Waals surface area contributed by atoms with Crippen LogP contribution in [0.15, 0.2) is 89.8 Å². The van der Waals surface area contributed by atoms with Crippen molar-refractivity contribution in [1.82, 2.24) is 10.2 Å². The maximum Gasteiger partial charge on any atom is 0.264 e. The van der Waals surface area contributed by atoms with Gasteiger partial charge >= 0.3 is 0 Å². The summed E-state index contributed by atoms with van der Waals surface area (Å²) in [6.45, 7) is 2.54. The Balaban J connectivity index is 1.41. The highest BCUT2D eigenvalue weighted by Crippen LogP contribution is 2.22. The van der Waals surface area contributed by atoms with Gasteiger partial charge in [0.15, 0.2) is 0 Å². The van der Waals surface area contributed by atoms with Crippen LogP contribution in [0.3, 0.4) is 0 Å². The van der Waals surface area contributed by atoms with Crippen LogP contribution in [0.1, 0.15) is 22.3 Å². The maximum atomic E-state index is 13.1. The average Bonchev–Trinajstić information content (AvgIpc) is 3.26. The minimum absolute atomic E-state index is 0.0402. The summed E-state index contributed by atoms with van der Waals surface area (Å²) in [7, 11) is -2.26. The molecule has 1 heterocycles. The third kappa shape index (κ3) is 5.00. The Hall–Kier alpha value is -3.16. The molecule has 32 heavy (non-hydrogen) atoms. The van der Waals surface area contributed by atoms with Gasteiger partial charge in [-0.1, -0.05) is 54.6 Å². The van der Waals surface area contributed by atoms with Crippen molar-refractivity contribution in [3.05, 3.63) is 96.1 Å². The Morgan fingerprint density at radius 2 is 1.69 bits per heavy atom. The number of sulfonamides is 1. The molecular weight excluding hydrogens is 422 g/mol. The van der Waals surface area contributed by atoms with Crippen LogP contribution < -0.4 is 9.62 Å². The van der Waals surface area contributed by atoms with E-state index >= 15 is 0 Å². The molecule has 7 heteroatoms. The van der Waals surface area contributed by atoms with E-state index in [2.05, 4.69) is 22.3 Å². The molecule has 1 aliphatic rings. The average molecular weight is 450 g/mol. The first kappa shape index (κ1) is 22.0. The molecule has 1 fully saturated rings. The van der Waals surface area contributed by atoms with Gasteiger partial charge in [0, 0.05) is 38.3 Å². The minimum Gasteiger partial charge on any atom is -0.348 e. The van der Waals surface area contributed by atoms with Gasteiger partial charge in [0.1, 0.15) is 0 Å². The van der Waals surface area contributed by atoms with Gasteiger partial charge in [0.2, 0.25) is 0 Å². The Morgan fingerprint density at radius 1 is 1.00 bits per heavy atom. The van der Waals surface area contributed by atoms with Crippen LogP contribution in [0.5, 0.6) is 0 Å². The second kappa shape index (κ2) is 9.54. The molecular formula is C25H27N3O3S. The molecule has 1 aliphatic heterocycles. The van der Waals surface area contributed by atoms with Crippen molar-refractivity contribution < 1.29 is 13.2 Å². The van der Waals surface area contributed by atoms with Crippen LogP contribution >= 0.6 is 0 Å². The van der Waals surface area contributed by atoms with Crippen molar-refractivity contribution in [1.29, 1.82) is 0 Å². The fourth-order valence-corrected chi connectivity index (χ4v) is 5.18. The van der Waals surface area contributed by atoms with Crippen LogP contribution in [-0.4, -0.2) is 45.4 Å². The number of hydrogen-bond acceptors (Lipinski definition) is 4. The summed E-state index contributed by atoms with van der Waals surface area (Å²) in [5, 5.41) is 3.06. The summed E-state index contributed by atoms with van der Waals surface area (Å²) >= 11 is 0. The van der Waals surface area contributed by atoms with E-state index in [1.165, 1.54) is 29.0 Å². The molecule has 1 saturated heterocycles. The van der Waals surface area contributed by atoms with Gasteiger partial charge in [-0.05, 0) is 42.3 Å². The first-order valence-electron chi connectivity index (χ1n) is 10.6. The van der Waals surface area contributed by atoms with E-state index in [0.29, 0.717) is 11.3 Å². The van der Waals surface area contributed by atoms with E-state index in [9.17, 15) is 13.2 Å². The summed E-state index contributed by atoms with van der Waals surface area (Å²) in [6.07, 6.45) is 0.868. The first-order chi connectivity index (χ1) is 15.4. The largest absolute Gasteiger partial charge is 0.348 e. The number of nitrogens with one attached hydrogen (secondary N) is 1. The van der Waals surface area contributed by atoms with Crippen molar-refractivity contribution in [2.75, 3.05) is 24.4 Å². The third-order valence-electron chi connectivity index (χ3n) is 5.73. The molecule has 0 bridgehead atoms. The third-order valence-corrected chi connectivity index (χ3v) is 7.51. The number of anilines is 1. The zero-order valence-corrected chi connectivity index (χ0v) is 18.8. The number of benzene rings is 3. The number of carbonyl (C=O) groups is 1. The summed E-state index contributed by atoms with van der Waals surface area (Å²) in [4.78, 5) is 15.3. The van der Waals surface area contributed by atoms with Crippen molar-refractivity contribution in [3.63, 3.8) is 0 Å². The number of rotatable bonds is 7. The molecule has 3 aromatic carbocycles. The number of likely N-dealkylation sites (tertiary alicyclic amines) is 1. The fourth-order valence-electron chi connectivity index (χ4n) is 3.94. The number of carbonyl (C=O) groups excluding carboxylic acids is 1. The van der Waals surface area contributed by atoms with Crippen LogP contribution in [-0.2, 0) is 16.6 Å². The molecule has 0 aliphatic carbocycles. The predicted molar refractivity (Wildman–Crippen MR) is 126 cm³/mol. The molecule has 0 radical (unpaired) electrons. The molecule has 1 N–H and O–H groups in total. The Labute approximate surface area is 189 Å². The summed E-state index contributed by atoms with van der Waals surface area (Å²) < 4.78 is 27.3. The smallest absolute Gasteiger partial charge is 0.264 e. The molecule has 4 rings (SSSR count). The highest BCUT2D eigenvalue weighted by molar-refractivity contribution is 7.92. The van der Waals surface area contributed by atoms with Gasteiger partial charge in [0.05, 0.1) is 10.6 Å². The molecule has 166 valence electrons. The monoisotopic (exact) mass is 449 g/mol. The Morgan fingerprint density at radius 3 is 2.41 bits per heavy atom. The topological polar surface area (TPSA) is 69.7 Å². The lowest BCUT2D eigenvalue weighted by Gasteiger charge is -2.20. The van der Waals surface area contributed by atoms with Gasteiger partial charge < -0.3 is 5.32 Å². The molecule has 0 spiro atoms. The number of nitrogens with zero attached hydrogens (tertiary/aromatic N) is 2. The van der Waals surface area contributed by atoms with Crippen LogP contribution in [0, 0.1) is 0 Å². The number of para-hydroxylation sites is 1. The highest BCUT2D eigenvalue weighted by atomic mass is 32.2. The van der Waals surface area contributed by atoms with Gasteiger partial charge in [-0.25, -0.2) is 8.42 Å². The Kier molecular flexibility index (Phi) is 6.58. The second-order valence-corrected chi connectivity index (χ2v) is 9.98. The fraction of sp³-hybridized carbons (Fsp3) is 0.240. The standard InChI is InChI=1S/C25H27N3O3S/c1-27(23-12-6-3-7-13-23)32(30,31)24-14-8-11-21(17-24)25(29)26-22-15-16-28(19-22)18-20-9-4-2-5-10-20/h2-14,17,22H,15-16,18-19H2,1H3,(H,26,29). The van der Waals surface area contributed by atoms with Crippen LogP contribution in [0.25, 0.3) is 0 Å². The maximum absolute atomic E-state index is 13.1. The molecule has 1 unspecified atom stereocenters. The molecule has 6 nitrogen and oxygen atoms in total. The molecule has 3 aromatic rings. The lowest BCUT2D eigenvalue weighted by atomic mass is 10.2. The Bertz CT molecular complexity index is 1170. The summed E-state index contributed by atoms with van der Waals surface area (Å²) in [6, 6.07) is 25.4. The summed E-state index contributed by atoms with van der Waals surface area (Å²) in [5.74, 6) is -0.254. The van der Waals surface area contributed by atoms with E-state index in [4.69, 9.17) is 0 Å². The number of hydrogen-bond donors (Lipinski definition) is 1. The van der Waals surface area contributed by atoms with E-state index in [-0.39, 0.29) is 16.8 Å². The highest BCUT2D eigenvalue weighted by Gasteiger charge is 2.26. The van der Waals surface area contributed by atoms with E-state index in [1.54, 1.807) is 36.4 Å². The van der Waals surface area contributed by atoms with Crippen LogP contribution in [0.2, 0.25) is 0 Å². The SMILES string of the molecule is CN(c1ccccc1)S(=O)(=O)c1cccc(C(=O)NC2CCN(Cc3ccccc3)C2)c1. The van der Waals surface area contributed by atoms with Crippen molar-refractivity contribution in [2.45, 2.75) is 23.9 Å². The van der Waals surface area contributed by atoms with Crippen molar-refractivity contribution >= 4 is 21.6 Å². The molecule has 0 saturated carbocycles. The van der Waals surface area contributed by atoms with Gasteiger partial charge in [0.25, 0.3) is 15.9 Å². The zero-order chi connectivity index (χ0) is 22.6.